The number of benzene rings is 1. The lowest BCUT2D eigenvalue weighted by Crippen LogP contribution is -2.32. The SMILES string of the molecule is CCCCC(CCCC(=O)CCCCS[C@H]1C(O)[C@@H](CO)O[C@H]1Cc1ccccc1)CS[C@H]1C(O)[C@@H](CC)O[C@H]1C. The first-order valence-corrected chi connectivity index (χ1v) is 18.0. The van der Waals surface area contributed by atoms with Gasteiger partial charge in [-0.25, -0.2) is 0 Å². The molecule has 0 saturated carbocycles. The maximum atomic E-state index is 12.6. The number of hydrogen-bond acceptors (Lipinski definition) is 8. The lowest BCUT2D eigenvalue weighted by Gasteiger charge is -2.22. The van der Waals surface area contributed by atoms with Crippen molar-refractivity contribution in [3.8, 4) is 0 Å². The third-order valence-corrected chi connectivity index (χ3v) is 11.8. The molecule has 0 spiro atoms. The minimum Gasteiger partial charge on any atom is -0.394 e. The summed E-state index contributed by atoms with van der Waals surface area (Å²) in [7, 11) is 0. The van der Waals surface area contributed by atoms with Crippen molar-refractivity contribution in [2.45, 2.75) is 139 Å². The van der Waals surface area contributed by atoms with E-state index in [1.54, 1.807) is 11.8 Å². The molecule has 0 amide bonds. The molecule has 0 aromatic heterocycles. The van der Waals surface area contributed by atoms with Gasteiger partial charge in [0.2, 0.25) is 0 Å². The fourth-order valence-electron chi connectivity index (χ4n) is 6.08. The molecule has 2 heterocycles. The van der Waals surface area contributed by atoms with Crippen LogP contribution >= 0.6 is 23.5 Å². The number of carbonyl (C=O) groups excluding carboxylic acids is 1. The molecule has 41 heavy (non-hydrogen) atoms. The first-order chi connectivity index (χ1) is 19.9. The van der Waals surface area contributed by atoms with Crippen LogP contribution in [-0.4, -0.2) is 86.3 Å². The van der Waals surface area contributed by atoms with Gasteiger partial charge in [-0.15, -0.1) is 0 Å². The molecule has 1 aromatic rings. The van der Waals surface area contributed by atoms with Crippen LogP contribution in [-0.2, 0) is 20.7 Å². The van der Waals surface area contributed by atoms with E-state index in [9.17, 15) is 20.1 Å². The Labute approximate surface area is 256 Å². The predicted molar refractivity (Wildman–Crippen MR) is 171 cm³/mol. The average Bonchev–Trinajstić information content (AvgIpc) is 3.43. The fourth-order valence-corrected chi connectivity index (χ4v) is 9.01. The van der Waals surface area contributed by atoms with Crippen molar-refractivity contribution in [3.63, 3.8) is 0 Å². The molecule has 0 bridgehead atoms. The molecule has 0 radical (unpaired) electrons. The highest BCUT2D eigenvalue weighted by Crippen LogP contribution is 2.35. The maximum Gasteiger partial charge on any atom is 0.132 e. The van der Waals surface area contributed by atoms with Gasteiger partial charge in [-0.2, -0.15) is 23.5 Å². The van der Waals surface area contributed by atoms with Gasteiger partial charge in [-0.1, -0.05) is 57.0 Å². The summed E-state index contributed by atoms with van der Waals surface area (Å²) in [6.45, 7) is 6.19. The Bertz CT molecular complexity index is 857. The Hall–Kier alpha value is -0.610. The van der Waals surface area contributed by atoms with E-state index in [-0.39, 0.29) is 41.5 Å². The van der Waals surface area contributed by atoms with E-state index >= 15 is 0 Å². The third kappa shape index (κ3) is 11.1. The number of ether oxygens (including phenoxy) is 2. The van der Waals surface area contributed by atoms with Crippen molar-refractivity contribution in [1.82, 2.24) is 0 Å². The second-order valence-electron chi connectivity index (χ2n) is 11.9. The molecule has 1 aromatic carbocycles. The van der Waals surface area contributed by atoms with E-state index in [0.717, 1.165) is 50.0 Å². The number of hydrogen-bond donors (Lipinski definition) is 3. The summed E-state index contributed by atoms with van der Waals surface area (Å²) in [5, 5.41) is 31.0. The van der Waals surface area contributed by atoms with Crippen LogP contribution in [0.15, 0.2) is 30.3 Å². The van der Waals surface area contributed by atoms with Gasteiger partial charge >= 0.3 is 0 Å². The molecule has 2 saturated heterocycles. The maximum absolute atomic E-state index is 12.6. The van der Waals surface area contributed by atoms with Crippen LogP contribution in [0, 0.1) is 5.92 Å². The summed E-state index contributed by atoms with van der Waals surface area (Å²) in [6.07, 6.45) is 8.52. The van der Waals surface area contributed by atoms with Crippen LogP contribution in [0.3, 0.4) is 0 Å². The molecule has 3 unspecified atom stereocenters. The highest BCUT2D eigenvalue weighted by molar-refractivity contribution is 8.00. The van der Waals surface area contributed by atoms with Crippen molar-refractivity contribution in [2.24, 2.45) is 5.92 Å². The standard InChI is InChI=1S/C33H54O6S2/c1-4-6-13-25(22-41-32-23(3)38-27(5-2)30(32)36)16-12-18-26(35)17-10-11-19-40-33-28(39-29(21-34)31(33)37)20-24-14-8-7-9-15-24/h7-9,14-15,23,25,27-34,36-37H,4-6,10-13,16-22H2,1-3H3/t23-,25?,27+,28-,29+,30?,31?,32+,33+/m0/s1. The van der Waals surface area contributed by atoms with Gasteiger partial charge in [-0.3, -0.25) is 4.79 Å². The van der Waals surface area contributed by atoms with Gasteiger partial charge < -0.3 is 24.8 Å². The summed E-state index contributed by atoms with van der Waals surface area (Å²) >= 11 is 3.58. The van der Waals surface area contributed by atoms with E-state index in [1.807, 2.05) is 30.0 Å². The number of rotatable bonds is 20. The lowest BCUT2D eigenvalue weighted by molar-refractivity contribution is -0.119. The number of unbranched alkanes of at least 4 members (excludes halogenated alkanes) is 2. The smallest absolute Gasteiger partial charge is 0.132 e. The van der Waals surface area contributed by atoms with Crippen molar-refractivity contribution in [1.29, 1.82) is 0 Å². The second-order valence-corrected chi connectivity index (χ2v) is 14.4. The molecule has 2 fully saturated rings. The highest BCUT2D eigenvalue weighted by atomic mass is 32.2. The number of ketones is 1. The number of aliphatic hydroxyl groups excluding tert-OH is 3. The number of Topliss-reactive ketones (excluding diaryl/α,β-unsaturated/α-hetero) is 1. The number of thioether (sulfide) groups is 2. The predicted octanol–water partition coefficient (Wildman–Crippen LogP) is 5.83. The first kappa shape index (κ1) is 34.9. The van der Waals surface area contributed by atoms with E-state index in [2.05, 4.69) is 32.9 Å². The molecule has 2 aliphatic heterocycles. The summed E-state index contributed by atoms with van der Waals surface area (Å²) < 4.78 is 11.9. The van der Waals surface area contributed by atoms with Crippen molar-refractivity contribution < 1.29 is 29.6 Å². The molecule has 3 rings (SSSR count). The fraction of sp³-hybridized carbons (Fsp3) is 0.788. The minimum atomic E-state index is -0.681. The first-order valence-electron chi connectivity index (χ1n) is 15.9. The largest absolute Gasteiger partial charge is 0.394 e. The molecule has 9 atom stereocenters. The average molecular weight is 611 g/mol. The Morgan fingerprint density at radius 3 is 2.27 bits per heavy atom. The van der Waals surface area contributed by atoms with Gasteiger partial charge in [0.15, 0.2) is 0 Å². The molecule has 3 N–H and O–H groups in total. The van der Waals surface area contributed by atoms with Crippen LogP contribution in [0.5, 0.6) is 0 Å². The Balaban J connectivity index is 1.32. The van der Waals surface area contributed by atoms with Crippen LogP contribution in [0.4, 0.5) is 0 Å². The normalized spacial score (nSPS) is 30.6. The summed E-state index contributed by atoms with van der Waals surface area (Å²) in [5.41, 5.74) is 1.17. The van der Waals surface area contributed by atoms with E-state index in [1.165, 1.54) is 24.8 Å². The van der Waals surface area contributed by atoms with Crippen molar-refractivity contribution in [3.05, 3.63) is 35.9 Å². The molecule has 8 heteroatoms. The van der Waals surface area contributed by atoms with E-state index in [0.29, 0.717) is 24.5 Å². The van der Waals surface area contributed by atoms with Crippen LogP contribution in [0.1, 0.15) is 90.5 Å². The van der Waals surface area contributed by atoms with Gasteiger partial charge in [0.25, 0.3) is 0 Å². The van der Waals surface area contributed by atoms with Crippen molar-refractivity contribution >= 4 is 29.3 Å². The molecular weight excluding hydrogens is 556 g/mol. The quantitative estimate of drug-likeness (QED) is 0.159. The Kier molecular flexibility index (Phi) is 16.1. The Morgan fingerprint density at radius 2 is 1.59 bits per heavy atom. The van der Waals surface area contributed by atoms with Crippen LogP contribution < -0.4 is 0 Å². The zero-order chi connectivity index (χ0) is 29.6. The van der Waals surface area contributed by atoms with Gasteiger partial charge in [0, 0.05) is 12.8 Å². The van der Waals surface area contributed by atoms with Crippen LogP contribution in [0.25, 0.3) is 0 Å². The second kappa shape index (κ2) is 18.9. The molecule has 234 valence electrons. The zero-order valence-electron chi connectivity index (χ0n) is 25.4. The van der Waals surface area contributed by atoms with Crippen molar-refractivity contribution in [2.75, 3.05) is 18.1 Å². The van der Waals surface area contributed by atoms with E-state index in [4.69, 9.17) is 9.47 Å². The Morgan fingerprint density at radius 1 is 0.878 bits per heavy atom. The lowest BCUT2D eigenvalue weighted by atomic mass is 9.96. The minimum absolute atomic E-state index is 0.0441. The summed E-state index contributed by atoms with van der Waals surface area (Å²) in [4.78, 5) is 12.6. The summed E-state index contributed by atoms with van der Waals surface area (Å²) in [5.74, 6) is 2.82. The monoisotopic (exact) mass is 610 g/mol. The summed E-state index contributed by atoms with van der Waals surface area (Å²) in [6, 6.07) is 10.1. The molecule has 2 aliphatic rings. The third-order valence-electron chi connectivity index (χ3n) is 8.58. The molecular formula is C33H54O6S2. The topological polar surface area (TPSA) is 96.2 Å². The van der Waals surface area contributed by atoms with Gasteiger partial charge in [-0.05, 0) is 74.9 Å². The van der Waals surface area contributed by atoms with Crippen LogP contribution in [0.2, 0.25) is 0 Å². The van der Waals surface area contributed by atoms with E-state index < -0.39 is 12.2 Å². The highest BCUT2D eigenvalue weighted by Gasteiger charge is 2.43. The van der Waals surface area contributed by atoms with Gasteiger partial charge in [0.05, 0.1) is 47.6 Å². The number of carbonyl (C=O) groups is 1. The number of aliphatic hydroxyl groups is 3. The zero-order valence-corrected chi connectivity index (χ0v) is 27.0. The van der Waals surface area contributed by atoms with Gasteiger partial charge in [0.1, 0.15) is 11.9 Å². The molecule has 0 aliphatic carbocycles. The molecule has 6 nitrogen and oxygen atoms in total.